The van der Waals surface area contributed by atoms with Crippen molar-refractivity contribution in [2.24, 2.45) is 0 Å². The number of rotatable bonds is 3. The molecule has 2 heterocycles. The molecule has 0 bridgehead atoms. The quantitative estimate of drug-likeness (QED) is 0.655. The van der Waals surface area contributed by atoms with Gasteiger partial charge in [-0.25, -0.2) is 15.0 Å². The van der Waals surface area contributed by atoms with Crippen LogP contribution in [0.25, 0.3) is 0 Å². The largest absolute Gasteiger partial charge is 0.383 e. The molecular weight excluding hydrogens is 262 g/mol. The molecule has 0 unspecified atom stereocenters. The Bertz CT molecular complexity index is 653. The van der Waals surface area contributed by atoms with E-state index >= 15 is 0 Å². The van der Waals surface area contributed by atoms with E-state index in [-0.39, 0.29) is 11.5 Å². The van der Waals surface area contributed by atoms with Gasteiger partial charge in [-0.1, -0.05) is 13.8 Å². The van der Waals surface area contributed by atoms with Gasteiger partial charge in [0.2, 0.25) is 0 Å². The van der Waals surface area contributed by atoms with Gasteiger partial charge in [0.25, 0.3) is 5.56 Å². The second kappa shape index (κ2) is 5.40. The zero-order valence-electron chi connectivity index (χ0n) is 11.0. The van der Waals surface area contributed by atoms with Crippen LogP contribution in [-0.4, -0.2) is 19.9 Å². The SMILES string of the molecule is Cc1cc(=O)[nH]c(Sc2ncnc(N)c2C(C)C)n1. The van der Waals surface area contributed by atoms with Crippen LogP contribution in [0.1, 0.15) is 31.0 Å². The standard InChI is InChI=1S/C12H15N5OS/c1-6(2)9-10(13)14-5-15-11(9)19-12-16-7(3)4-8(18)17-12/h4-6H,1-3H3,(H2,13,14,15)(H,16,17,18). The monoisotopic (exact) mass is 277 g/mol. The fraction of sp³-hybridized carbons (Fsp3) is 0.333. The summed E-state index contributed by atoms with van der Waals surface area (Å²) < 4.78 is 0. The van der Waals surface area contributed by atoms with E-state index in [9.17, 15) is 4.79 Å². The average Bonchev–Trinajstić information content (AvgIpc) is 2.26. The van der Waals surface area contributed by atoms with Crippen molar-refractivity contribution in [1.29, 1.82) is 0 Å². The average molecular weight is 277 g/mol. The molecule has 0 fully saturated rings. The van der Waals surface area contributed by atoms with Crippen LogP contribution in [0.5, 0.6) is 0 Å². The molecule has 2 aromatic rings. The fourth-order valence-corrected chi connectivity index (χ4v) is 2.78. The number of aromatic nitrogens is 4. The topological polar surface area (TPSA) is 97.5 Å². The van der Waals surface area contributed by atoms with E-state index in [0.29, 0.717) is 16.7 Å². The first-order valence-electron chi connectivity index (χ1n) is 5.83. The molecule has 0 aliphatic heterocycles. The highest BCUT2D eigenvalue weighted by Gasteiger charge is 2.15. The molecule has 0 radical (unpaired) electrons. The lowest BCUT2D eigenvalue weighted by Gasteiger charge is -2.12. The maximum absolute atomic E-state index is 11.4. The third-order valence-electron chi connectivity index (χ3n) is 2.50. The van der Waals surface area contributed by atoms with Gasteiger partial charge in [0.05, 0.1) is 0 Å². The number of nitrogens with one attached hydrogen (secondary N) is 1. The van der Waals surface area contributed by atoms with Crippen LogP contribution in [-0.2, 0) is 0 Å². The Morgan fingerprint density at radius 3 is 2.74 bits per heavy atom. The van der Waals surface area contributed by atoms with Crippen LogP contribution in [0.15, 0.2) is 27.4 Å². The highest BCUT2D eigenvalue weighted by atomic mass is 32.2. The molecule has 6 nitrogen and oxygen atoms in total. The van der Waals surface area contributed by atoms with Crippen molar-refractivity contribution in [2.75, 3.05) is 5.73 Å². The smallest absolute Gasteiger partial charge is 0.251 e. The summed E-state index contributed by atoms with van der Waals surface area (Å²) in [5, 5.41) is 1.22. The molecule has 100 valence electrons. The van der Waals surface area contributed by atoms with E-state index < -0.39 is 0 Å². The molecule has 0 aromatic carbocycles. The highest BCUT2D eigenvalue weighted by Crippen LogP contribution is 2.32. The van der Waals surface area contributed by atoms with Crippen LogP contribution in [0.3, 0.4) is 0 Å². The summed E-state index contributed by atoms with van der Waals surface area (Å²) in [6.45, 7) is 5.81. The van der Waals surface area contributed by atoms with Gasteiger partial charge < -0.3 is 10.7 Å². The van der Waals surface area contributed by atoms with Crippen molar-refractivity contribution >= 4 is 17.6 Å². The third-order valence-corrected chi connectivity index (χ3v) is 3.40. The first kappa shape index (κ1) is 13.5. The number of hydrogen-bond acceptors (Lipinski definition) is 6. The van der Waals surface area contributed by atoms with Crippen molar-refractivity contribution in [3.8, 4) is 0 Å². The molecule has 2 aromatic heterocycles. The maximum atomic E-state index is 11.4. The van der Waals surface area contributed by atoms with Gasteiger partial charge in [-0.3, -0.25) is 4.79 Å². The fourth-order valence-electron chi connectivity index (χ4n) is 1.71. The maximum Gasteiger partial charge on any atom is 0.251 e. The molecule has 0 aliphatic carbocycles. The van der Waals surface area contributed by atoms with Crippen LogP contribution in [0.2, 0.25) is 0 Å². The summed E-state index contributed by atoms with van der Waals surface area (Å²) in [4.78, 5) is 26.6. The lowest BCUT2D eigenvalue weighted by Crippen LogP contribution is -2.09. The number of nitrogen functional groups attached to an aromatic ring is 1. The second-order valence-corrected chi connectivity index (χ2v) is 5.40. The van der Waals surface area contributed by atoms with E-state index in [4.69, 9.17) is 5.73 Å². The molecule has 2 rings (SSSR count). The molecule has 3 N–H and O–H groups in total. The van der Waals surface area contributed by atoms with E-state index in [1.807, 2.05) is 13.8 Å². The predicted octanol–water partition coefficient (Wildman–Crippen LogP) is 1.73. The van der Waals surface area contributed by atoms with E-state index in [1.54, 1.807) is 6.92 Å². The van der Waals surface area contributed by atoms with Crippen molar-refractivity contribution in [3.05, 3.63) is 34.0 Å². The van der Waals surface area contributed by atoms with Crippen molar-refractivity contribution < 1.29 is 0 Å². The van der Waals surface area contributed by atoms with E-state index in [2.05, 4.69) is 19.9 Å². The Hall–Kier alpha value is -1.89. The van der Waals surface area contributed by atoms with Gasteiger partial charge in [-0.2, -0.15) is 0 Å². The van der Waals surface area contributed by atoms with Crippen LogP contribution < -0.4 is 11.3 Å². The molecule has 0 atom stereocenters. The molecule has 0 saturated heterocycles. The van der Waals surface area contributed by atoms with Crippen LogP contribution >= 0.6 is 11.8 Å². The lowest BCUT2D eigenvalue weighted by molar-refractivity contribution is 0.805. The minimum Gasteiger partial charge on any atom is -0.383 e. The van der Waals surface area contributed by atoms with Crippen molar-refractivity contribution in [3.63, 3.8) is 0 Å². The van der Waals surface area contributed by atoms with Crippen molar-refractivity contribution in [2.45, 2.75) is 36.9 Å². The number of nitrogens with zero attached hydrogens (tertiary/aromatic N) is 3. The number of nitrogens with two attached hydrogens (primary N) is 1. The molecule has 0 amide bonds. The molecular formula is C12H15N5OS. The molecule has 19 heavy (non-hydrogen) atoms. The van der Waals surface area contributed by atoms with Gasteiger partial charge >= 0.3 is 0 Å². The first-order valence-corrected chi connectivity index (χ1v) is 6.65. The zero-order valence-corrected chi connectivity index (χ0v) is 11.8. The van der Waals surface area contributed by atoms with E-state index in [1.165, 1.54) is 24.2 Å². The lowest BCUT2D eigenvalue weighted by atomic mass is 10.1. The Morgan fingerprint density at radius 2 is 2.11 bits per heavy atom. The predicted molar refractivity (Wildman–Crippen MR) is 74.3 cm³/mol. The summed E-state index contributed by atoms with van der Waals surface area (Å²) >= 11 is 1.29. The van der Waals surface area contributed by atoms with Crippen LogP contribution in [0.4, 0.5) is 5.82 Å². The van der Waals surface area contributed by atoms with Crippen molar-refractivity contribution in [1.82, 2.24) is 19.9 Å². The summed E-state index contributed by atoms with van der Waals surface area (Å²) in [6.07, 6.45) is 1.41. The normalized spacial score (nSPS) is 10.9. The highest BCUT2D eigenvalue weighted by molar-refractivity contribution is 7.99. The summed E-state index contributed by atoms with van der Waals surface area (Å²) in [6, 6.07) is 1.45. The van der Waals surface area contributed by atoms with Gasteiger partial charge in [0, 0.05) is 17.3 Å². The number of aryl methyl sites for hydroxylation is 1. The minimum atomic E-state index is -0.178. The van der Waals surface area contributed by atoms with E-state index in [0.717, 1.165) is 10.6 Å². The van der Waals surface area contributed by atoms with Gasteiger partial charge in [-0.05, 0) is 24.6 Å². The number of H-pyrrole nitrogens is 1. The number of anilines is 1. The number of aromatic amines is 1. The first-order chi connectivity index (χ1) is 8.97. The summed E-state index contributed by atoms with van der Waals surface area (Å²) in [5.74, 6) is 0.655. The Morgan fingerprint density at radius 1 is 1.37 bits per heavy atom. The second-order valence-electron chi connectivity index (χ2n) is 4.43. The Labute approximate surface area is 114 Å². The molecule has 7 heteroatoms. The number of hydrogen-bond donors (Lipinski definition) is 2. The Kier molecular flexibility index (Phi) is 3.84. The summed E-state index contributed by atoms with van der Waals surface area (Å²) in [7, 11) is 0. The van der Waals surface area contributed by atoms with Gasteiger partial charge in [-0.15, -0.1) is 0 Å². The minimum absolute atomic E-state index is 0.178. The Balaban J connectivity index is 2.43. The molecule has 0 saturated carbocycles. The summed E-state index contributed by atoms with van der Waals surface area (Å²) in [5.41, 5.74) is 7.24. The van der Waals surface area contributed by atoms with Crippen LogP contribution in [0, 0.1) is 6.92 Å². The van der Waals surface area contributed by atoms with Gasteiger partial charge in [0.1, 0.15) is 17.2 Å². The molecule has 0 aliphatic rings. The molecule has 0 spiro atoms. The zero-order chi connectivity index (χ0) is 14.0. The van der Waals surface area contributed by atoms with Gasteiger partial charge in [0.15, 0.2) is 5.16 Å². The third kappa shape index (κ3) is 3.11.